The van der Waals surface area contributed by atoms with E-state index >= 15 is 0 Å². The van der Waals surface area contributed by atoms with Gasteiger partial charge < -0.3 is 62.8 Å². The maximum absolute atomic E-state index is 12.3. The van der Waals surface area contributed by atoms with Gasteiger partial charge in [-0.05, 0) is 97.7 Å². The van der Waals surface area contributed by atoms with Crippen LogP contribution < -0.4 is 4.89 Å². The largest absolute Gasteiger partial charge is 0.780 e. The van der Waals surface area contributed by atoms with E-state index in [1.165, 1.54) is 57.8 Å². The lowest BCUT2D eigenvalue weighted by atomic mass is 9.47. The standard InChI is InChI=1S/C43H77O13PS/c1-29(2)7-6-8-30(3)34-11-12-35-33-10-9-31-27-32(13-15-42(31,4)36(33)14-16-43(34,35)5)52-23-21-50-19-17-49-18-20-51-22-25-54-57(48,58)55-26-24-53-41-40(47)39(46)38(45)37(28-44)56-41/h9,29-30,32-41,44-47H,6-8,10-28H2,1-5H3,(H,48,58)/p-1/t30-,32?,33+,34-,35+,36+,37-,38+,39+,40-,41?,42+,43-,57?/m1/s1. The molecule has 58 heavy (non-hydrogen) atoms. The van der Waals surface area contributed by atoms with Gasteiger partial charge in [0.15, 0.2) is 6.29 Å². The average molecular weight is 864 g/mol. The van der Waals surface area contributed by atoms with Crippen LogP contribution in [0.1, 0.15) is 105 Å². The van der Waals surface area contributed by atoms with Crippen molar-refractivity contribution in [1.82, 2.24) is 0 Å². The first kappa shape index (κ1) is 48.9. The number of hydrogen-bond donors (Lipinski definition) is 4. The molecule has 5 rings (SSSR count). The first-order valence-corrected chi connectivity index (χ1v) is 24.8. The van der Waals surface area contributed by atoms with Gasteiger partial charge in [-0.2, -0.15) is 0 Å². The van der Waals surface area contributed by atoms with Gasteiger partial charge >= 0.3 is 0 Å². The molecule has 1 saturated heterocycles. The molecule has 0 amide bonds. The van der Waals surface area contributed by atoms with Gasteiger partial charge in [-0.3, -0.25) is 0 Å². The summed E-state index contributed by atoms with van der Waals surface area (Å²) in [6.45, 7) is 10.6. The summed E-state index contributed by atoms with van der Waals surface area (Å²) in [4.78, 5) is 12.3. The Morgan fingerprint density at radius 3 is 2.10 bits per heavy atom. The first-order chi connectivity index (χ1) is 27.7. The molecule has 0 aromatic carbocycles. The van der Waals surface area contributed by atoms with E-state index < -0.39 is 44.0 Å². The van der Waals surface area contributed by atoms with Crippen molar-refractivity contribution in [2.24, 2.45) is 46.3 Å². The third-order valence-electron chi connectivity index (χ3n) is 14.5. The summed E-state index contributed by atoms with van der Waals surface area (Å²) < 4.78 is 43.9. The molecule has 0 bridgehead atoms. The van der Waals surface area contributed by atoms with Gasteiger partial charge in [0.25, 0.3) is 0 Å². The topological polar surface area (TPSA) is 178 Å². The van der Waals surface area contributed by atoms with Gasteiger partial charge in [0.05, 0.1) is 78.8 Å². The van der Waals surface area contributed by atoms with E-state index in [4.69, 9.17) is 49.3 Å². The Labute approximate surface area is 353 Å². The third kappa shape index (κ3) is 12.7. The van der Waals surface area contributed by atoms with Crippen LogP contribution in [-0.2, 0) is 49.3 Å². The van der Waals surface area contributed by atoms with Crippen molar-refractivity contribution < 1.29 is 62.8 Å². The predicted octanol–water partition coefficient (Wildman–Crippen LogP) is 4.90. The van der Waals surface area contributed by atoms with E-state index in [1.54, 1.807) is 5.57 Å². The Morgan fingerprint density at radius 2 is 1.43 bits per heavy atom. The predicted molar refractivity (Wildman–Crippen MR) is 221 cm³/mol. The van der Waals surface area contributed by atoms with Gasteiger partial charge in [0.1, 0.15) is 31.1 Å². The van der Waals surface area contributed by atoms with Gasteiger partial charge in [0, 0.05) is 0 Å². The first-order valence-electron chi connectivity index (χ1n) is 22.3. The zero-order valence-electron chi connectivity index (χ0n) is 35.9. The summed E-state index contributed by atoms with van der Waals surface area (Å²) in [5.41, 5.74) is 2.52. The number of hydrogen-bond acceptors (Lipinski definition) is 14. The highest BCUT2D eigenvalue weighted by molar-refractivity contribution is 8.06. The van der Waals surface area contributed by atoms with Crippen molar-refractivity contribution in [1.29, 1.82) is 0 Å². The van der Waals surface area contributed by atoms with E-state index in [2.05, 4.69) is 40.7 Å². The molecule has 13 nitrogen and oxygen atoms in total. The van der Waals surface area contributed by atoms with E-state index in [-0.39, 0.29) is 32.5 Å². The molecule has 4 N–H and O–H groups in total. The van der Waals surface area contributed by atoms with Crippen molar-refractivity contribution in [2.75, 3.05) is 72.7 Å². The molecule has 1 heterocycles. The Bertz CT molecular complexity index is 1310. The minimum atomic E-state index is -3.81. The molecule has 338 valence electrons. The van der Waals surface area contributed by atoms with Crippen LogP contribution in [0, 0.1) is 46.3 Å². The number of ether oxygens (including phenoxy) is 6. The van der Waals surface area contributed by atoms with Crippen LogP contribution in [0.5, 0.6) is 0 Å². The second-order valence-corrected chi connectivity index (χ2v) is 21.3. The summed E-state index contributed by atoms with van der Waals surface area (Å²) >= 11 is 4.87. The fourth-order valence-corrected chi connectivity index (χ4v) is 12.5. The van der Waals surface area contributed by atoms with Crippen molar-refractivity contribution >= 4 is 18.5 Å². The summed E-state index contributed by atoms with van der Waals surface area (Å²) in [6.07, 6.45) is 10.5. The van der Waals surface area contributed by atoms with Crippen LogP contribution in [0.2, 0.25) is 0 Å². The van der Waals surface area contributed by atoms with Crippen LogP contribution in [-0.4, -0.2) is 130 Å². The number of rotatable bonds is 25. The van der Waals surface area contributed by atoms with Crippen molar-refractivity contribution in [3.05, 3.63) is 11.6 Å². The monoisotopic (exact) mass is 863 g/mol. The molecular formula is C43H76O13PS-. The smallest absolute Gasteiger partial charge is 0.186 e. The van der Waals surface area contributed by atoms with E-state index in [1.807, 2.05) is 0 Å². The summed E-state index contributed by atoms with van der Waals surface area (Å²) in [7, 11) is 0. The van der Waals surface area contributed by atoms with Crippen LogP contribution in [0.25, 0.3) is 0 Å². The van der Waals surface area contributed by atoms with Crippen LogP contribution in [0.3, 0.4) is 0 Å². The zero-order valence-corrected chi connectivity index (χ0v) is 37.6. The lowest BCUT2D eigenvalue weighted by Crippen LogP contribution is -2.59. The van der Waals surface area contributed by atoms with E-state index in [0.29, 0.717) is 50.5 Å². The molecule has 5 aliphatic rings. The number of aliphatic hydroxyl groups excluding tert-OH is 4. The van der Waals surface area contributed by atoms with Crippen LogP contribution >= 0.6 is 6.72 Å². The van der Waals surface area contributed by atoms with Crippen molar-refractivity contribution in [2.45, 2.75) is 142 Å². The van der Waals surface area contributed by atoms with Crippen LogP contribution in [0.4, 0.5) is 0 Å². The maximum Gasteiger partial charge on any atom is 0.186 e. The fourth-order valence-electron chi connectivity index (χ4n) is 11.4. The van der Waals surface area contributed by atoms with Crippen molar-refractivity contribution in [3.8, 4) is 0 Å². The van der Waals surface area contributed by atoms with Crippen LogP contribution in [0.15, 0.2) is 11.6 Å². The number of fused-ring (bicyclic) bond motifs is 5. The molecule has 0 radical (unpaired) electrons. The summed E-state index contributed by atoms with van der Waals surface area (Å²) in [6, 6.07) is 0. The molecule has 15 heteroatoms. The normalized spacial score (nSPS) is 37.8. The molecular weight excluding hydrogens is 788 g/mol. The molecule has 14 atom stereocenters. The molecule has 4 aliphatic carbocycles. The second kappa shape index (κ2) is 23.0. The lowest BCUT2D eigenvalue weighted by Gasteiger charge is -2.58. The fraction of sp³-hybridized carbons (Fsp3) is 0.953. The van der Waals surface area contributed by atoms with Crippen molar-refractivity contribution in [3.63, 3.8) is 0 Å². The molecule has 3 unspecified atom stereocenters. The van der Waals surface area contributed by atoms with E-state index in [0.717, 1.165) is 48.3 Å². The third-order valence-corrected chi connectivity index (χ3v) is 16.2. The molecule has 0 aromatic heterocycles. The summed E-state index contributed by atoms with van der Waals surface area (Å²) in [5, 5.41) is 38.9. The highest BCUT2D eigenvalue weighted by Gasteiger charge is 2.59. The highest BCUT2D eigenvalue weighted by atomic mass is 32.5. The lowest BCUT2D eigenvalue weighted by molar-refractivity contribution is -0.302. The minimum Gasteiger partial charge on any atom is -0.780 e. The molecule has 1 aliphatic heterocycles. The second-order valence-electron chi connectivity index (χ2n) is 18.5. The molecule has 4 fully saturated rings. The van der Waals surface area contributed by atoms with Gasteiger partial charge in [-0.15, -0.1) is 0 Å². The molecule has 0 aromatic rings. The SMILES string of the molecule is CC(C)CCC[C@@H](C)[C@H]1CC[C@H]2[C@@H]3CC=C4CC(OCCOCCOCCOCCOP([O-])(=S)OCCOC5O[C@H](CO)[C@H](O)[C@H](O)[C@H]5O)CC[C@]4(C)[C@H]3CC[C@]12C. The quantitative estimate of drug-likeness (QED) is 0.0554. The molecule has 3 saturated carbocycles. The van der Waals surface area contributed by atoms with Gasteiger partial charge in [-0.25, -0.2) is 0 Å². The number of allylic oxidation sites excluding steroid dienone is 1. The maximum atomic E-state index is 12.3. The minimum absolute atomic E-state index is 0.0470. The number of aliphatic hydroxyl groups is 4. The Balaban J connectivity index is 0.864. The Morgan fingerprint density at radius 1 is 0.793 bits per heavy atom. The summed E-state index contributed by atoms with van der Waals surface area (Å²) in [5.74, 6) is 5.13. The zero-order chi connectivity index (χ0) is 41.9. The highest BCUT2D eigenvalue weighted by Crippen LogP contribution is 2.67. The Hall–Kier alpha value is -0.130. The van der Waals surface area contributed by atoms with E-state index in [9.17, 15) is 25.3 Å². The van der Waals surface area contributed by atoms with Gasteiger partial charge in [0.2, 0.25) is 0 Å². The average Bonchev–Trinajstić information content (AvgIpc) is 3.55. The van der Waals surface area contributed by atoms with Gasteiger partial charge in [-0.1, -0.05) is 77.3 Å². The molecule has 0 spiro atoms. The Kier molecular flexibility index (Phi) is 19.4.